The molecular formula is C12H17NO2. The highest BCUT2D eigenvalue weighted by Gasteiger charge is 2.25. The minimum atomic E-state index is 0.108. The van der Waals surface area contributed by atoms with Crippen molar-refractivity contribution in [2.24, 2.45) is 5.92 Å². The van der Waals surface area contributed by atoms with Gasteiger partial charge in [-0.2, -0.15) is 0 Å². The van der Waals surface area contributed by atoms with Crippen LogP contribution in [0.2, 0.25) is 0 Å². The molecule has 1 aromatic carbocycles. The average molecular weight is 207 g/mol. The summed E-state index contributed by atoms with van der Waals surface area (Å²) < 4.78 is 0. The zero-order chi connectivity index (χ0) is 10.7. The summed E-state index contributed by atoms with van der Waals surface area (Å²) in [6.45, 7) is 3.36. The van der Waals surface area contributed by atoms with Gasteiger partial charge in [0, 0.05) is 32.2 Å². The molecule has 0 amide bonds. The molecule has 1 aliphatic rings. The van der Waals surface area contributed by atoms with Crippen molar-refractivity contribution in [3.63, 3.8) is 0 Å². The number of hydrogen-bond donors (Lipinski definition) is 2. The smallest absolute Gasteiger partial charge is 0.0681 e. The third-order valence-corrected chi connectivity index (χ3v) is 2.90. The molecular weight excluding hydrogens is 190 g/mol. The number of benzene rings is 1. The van der Waals surface area contributed by atoms with E-state index in [1.165, 1.54) is 5.56 Å². The van der Waals surface area contributed by atoms with Crippen molar-refractivity contribution >= 4 is 0 Å². The molecule has 2 rings (SSSR count). The number of nitrogens with zero attached hydrogens (tertiary/aromatic N) is 1. The van der Waals surface area contributed by atoms with Crippen LogP contribution in [0.15, 0.2) is 24.3 Å². The quantitative estimate of drug-likeness (QED) is 0.760. The molecule has 1 aromatic rings. The van der Waals surface area contributed by atoms with Crippen LogP contribution in [0, 0.1) is 5.92 Å². The molecule has 0 aliphatic carbocycles. The van der Waals surface area contributed by atoms with Crippen LogP contribution in [0.25, 0.3) is 0 Å². The van der Waals surface area contributed by atoms with E-state index in [0.717, 1.165) is 25.2 Å². The molecule has 3 nitrogen and oxygen atoms in total. The summed E-state index contributed by atoms with van der Waals surface area (Å²) in [6.07, 6.45) is 0. The maximum atomic E-state index is 8.90. The molecule has 0 aromatic heterocycles. The van der Waals surface area contributed by atoms with Crippen LogP contribution in [-0.4, -0.2) is 34.8 Å². The lowest BCUT2D eigenvalue weighted by Gasteiger charge is -2.38. The third kappa shape index (κ3) is 2.56. The van der Waals surface area contributed by atoms with Crippen LogP contribution < -0.4 is 0 Å². The molecule has 2 N–H and O–H groups in total. The maximum Gasteiger partial charge on any atom is 0.0681 e. The molecule has 1 saturated heterocycles. The Morgan fingerprint density at radius 2 is 1.67 bits per heavy atom. The van der Waals surface area contributed by atoms with Crippen molar-refractivity contribution in [2.45, 2.75) is 13.2 Å². The second-order valence-corrected chi connectivity index (χ2v) is 4.22. The number of rotatable bonds is 4. The summed E-state index contributed by atoms with van der Waals surface area (Å²) in [5, 5.41) is 17.8. The van der Waals surface area contributed by atoms with Gasteiger partial charge >= 0.3 is 0 Å². The lowest BCUT2D eigenvalue weighted by atomic mass is 10.0. The normalized spacial score (nSPS) is 17.7. The second kappa shape index (κ2) is 4.75. The van der Waals surface area contributed by atoms with Gasteiger partial charge < -0.3 is 10.2 Å². The Kier molecular flexibility index (Phi) is 3.36. The summed E-state index contributed by atoms with van der Waals surface area (Å²) in [6, 6.07) is 8.02. The van der Waals surface area contributed by atoms with E-state index in [2.05, 4.69) is 17.0 Å². The minimum Gasteiger partial charge on any atom is -0.396 e. The summed E-state index contributed by atoms with van der Waals surface area (Å²) in [7, 11) is 0. The fourth-order valence-electron chi connectivity index (χ4n) is 1.93. The lowest BCUT2D eigenvalue weighted by molar-refractivity contribution is 0.0479. The van der Waals surface area contributed by atoms with Crippen molar-refractivity contribution < 1.29 is 10.2 Å². The summed E-state index contributed by atoms with van der Waals surface area (Å²) in [5.74, 6) is 0.474. The molecule has 0 radical (unpaired) electrons. The van der Waals surface area contributed by atoms with Crippen molar-refractivity contribution in [1.29, 1.82) is 0 Å². The van der Waals surface area contributed by atoms with Crippen LogP contribution in [-0.2, 0) is 13.2 Å². The van der Waals surface area contributed by atoms with Gasteiger partial charge in [0.15, 0.2) is 0 Å². The van der Waals surface area contributed by atoms with Crippen molar-refractivity contribution in [3.05, 3.63) is 35.4 Å². The molecule has 82 valence electrons. The van der Waals surface area contributed by atoms with Crippen molar-refractivity contribution in [2.75, 3.05) is 19.7 Å². The molecule has 0 spiro atoms. The predicted octanol–water partition coefficient (Wildman–Crippen LogP) is 0.603. The van der Waals surface area contributed by atoms with Gasteiger partial charge in [0.1, 0.15) is 0 Å². The Hall–Kier alpha value is -0.900. The van der Waals surface area contributed by atoms with Crippen molar-refractivity contribution in [3.8, 4) is 0 Å². The largest absolute Gasteiger partial charge is 0.396 e. The first-order chi connectivity index (χ1) is 7.31. The molecule has 15 heavy (non-hydrogen) atoms. The highest BCUT2D eigenvalue weighted by atomic mass is 16.3. The zero-order valence-electron chi connectivity index (χ0n) is 8.76. The van der Waals surface area contributed by atoms with Gasteiger partial charge in [-0.15, -0.1) is 0 Å². The summed E-state index contributed by atoms with van der Waals surface area (Å²) in [5.41, 5.74) is 2.22. The van der Waals surface area contributed by atoms with Gasteiger partial charge in [-0.05, 0) is 11.1 Å². The third-order valence-electron chi connectivity index (χ3n) is 2.90. The molecule has 1 fully saturated rings. The predicted molar refractivity (Wildman–Crippen MR) is 58.2 cm³/mol. The Morgan fingerprint density at radius 3 is 2.20 bits per heavy atom. The first kappa shape index (κ1) is 10.6. The molecule has 1 heterocycles. The van der Waals surface area contributed by atoms with E-state index in [1.807, 2.05) is 12.1 Å². The molecule has 0 atom stereocenters. The first-order valence-corrected chi connectivity index (χ1v) is 5.33. The summed E-state index contributed by atoms with van der Waals surface area (Å²) >= 11 is 0. The van der Waals surface area contributed by atoms with Gasteiger partial charge in [-0.25, -0.2) is 0 Å². The topological polar surface area (TPSA) is 43.7 Å². The Bertz CT molecular complexity index is 304. The minimum absolute atomic E-state index is 0.108. The van der Waals surface area contributed by atoms with E-state index in [0.29, 0.717) is 12.5 Å². The molecule has 0 saturated carbocycles. The number of likely N-dealkylation sites (tertiary alicyclic amines) is 1. The molecule has 1 aliphatic heterocycles. The van der Waals surface area contributed by atoms with E-state index in [9.17, 15) is 0 Å². The van der Waals surface area contributed by atoms with E-state index < -0.39 is 0 Å². The highest BCUT2D eigenvalue weighted by molar-refractivity contribution is 5.22. The van der Waals surface area contributed by atoms with Gasteiger partial charge in [0.2, 0.25) is 0 Å². The maximum absolute atomic E-state index is 8.90. The van der Waals surface area contributed by atoms with Gasteiger partial charge in [0.05, 0.1) is 6.61 Å². The van der Waals surface area contributed by atoms with E-state index in [4.69, 9.17) is 10.2 Å². The van der Waals surface area contributed by atoms with Crippen LogP contribution in [0.4, 0.5) is 0 Å². The average Bonchev–Trinajstić information content (AvgIpc) is 2.23. The molecule has 0 bridgehead atoms. The Labute approximate surface area is 90.0 Å². The van der Waals surface area contributed by atoms with Crippen LogP contribution >= 0.6 is 0 Å². The summed E-state index contributed by atoms with van der Waals surface area (Å²) in [4.78, 5) is 2.31. The SMILES string of the molecule is OCc1ccc(CN2CC(CO)C2)cc1. The molecule has 0 unspecified atom stereocenters. The monoisotopic (exact) mass is 207 g/mol. The van der Waals surface area contributed by atoms with Crippen LogP contribution in [0.1, 0.15) is 11.1 Å². The van der Waals surface area contributed by atoms with Crippen molar-refractivity contribution in [1.82, 2.24) is 4.90 Å². The highest BCUT2D eigenvalue weighted by Crippen LogP contribution is 2.18. The zero-order valence-corrected chi connectivity index (χ0v) is 8.76. The fourth-order valence-corrected chi connectivity index (χ4v) is 1.93. The van der Waals surface area contributed by atoms with E-state index in [1.54, 1.807) is 0 Å². The lowest BCUT2D eigenvalue weighted by Crippen LogP contribution is -2.47. The Balaban J connectivity index is 1.84. The standard InChI is InChI=1S/C12H17NO2/c14-8-11-3-1-10(2-4-11)5-13-6-12(7-13)9-15/h1-4,12,14-15H,5-9H2. The Morgan fingerprint density at radius 1 is 1.07 bits per heavy atom. The van der Waals surface area contributed by atoms with Crippen LogP contribution in [0.5, 0.6) is 0 Å². The van der Waals surface area contributed by atoms with E-state index >= 15 is 0 Å². The fraction of sp³-hybridized carbons (Fsp3) is 0.500. The van der Waals surface area contributed by atoms with E-state index in [-0.39, 0.29) is 6.61 Å². The number of aliphatic hydroxyl groups excluding tert-OH is 2. The number of aliphatic hydroxyl groups is 2. The van der Waals surface area contributed by atoms with Crippen LogP contribution in [0.3, 0.4) is 0 Å². The van der Waals surface area contributed by atoms with Gasteiger partial charge in [-0.1, -0.05) is 24.3 Å². The molecule has 3 heteroatoms. The number of hydrogen-bond acceptors (Lipinski definition) is 3. The van der Waals surface area contributed by atoms with Gasteiger partial charge in [0.25, 0.3) is 0 Å². The second-order valence-electron chi connectivity index (χ2n) is 4.22. The first-order valence-electron chi connectivity index (χ1n) is 5.33. The van der Waals surface area contributed by atoms with Gasteiger partial charge in [-0.3, -0.25) is 4.90 Å².